The number of hydrazone groups is 1. The number of nitrogens with one attached hydrogen (secondary N) is 1. The van der Waals surface area contributed by atoms with E-state index in [0.29, 0.717) is 21.3 Å². The van der Waals surface area contributed by atoms with Gasteiger partial charge in [-0.15, -0.1) is 0 Å². The zero-order chi connectivity index (χ0) is 20.8. The molecule has 3 aromatic carbocycles. The summed E-state index contributed by atoms with van der Waals surface area (Å²) in [5.41, 5.74) is 4.69. The van der Waals surface area contributed by atoms with Crippen LogP contribution in [0.15, 0.2) is 76.3 Å². The Morgan fingerprint density at radius 2 is 1.72 bits per heavy atom. The Bertz CT molecular complexity index is 1060. The first-order chi connectivity index (χ1) is 13.9. The molecule has 2 N–H and O–H groups in total. The minimum Gasteiger partial charge on any atom is -0.507 e. The Morgan fingerprint density at radius 3 is 2.41 bits per heavy atom. The van der Waals surface area contributed by atoms with Crippen LogP contribution in [-0.2, 0) is 0 Å². The third-order valence-electron chi connectivity index (χ3n) is 3.96. The fraction of sp³-hybridized carbons (Fsp3) is 0.0455. The number of hydrogen-bond donors (Lipinski definition) is 2. The van der Waals surface area contributed by atoms with E-state index in [1.165, 1.54) is 18.3 Å². The Hall–Kier alpha value is -3.45. The number of carbonyl (C=O) groups is 2. The Balaban J connectivity index is 1.58. The standard InChI is InChI=1S/C22H17BrN2O4/c1-14-2-6-16(7-3-14)22(28)29-18-9-4-15(5-10-18)13-24-25-21(27)19-12-17(23)8-11-20(19)26/h2-13,26H,1H3,(H,25,27)/b24-13-. The molecule has 146 valence electrons. The molecule has 0 spiro atoms. The van der Waals surface area contributed by atoms with E-state index in [1.807, 2.05) is 19.1 Å². The largest absolute Gasteiger partial charge is 0.507 e. The maximum absolute atomic E-state index is 12.1. The molecule has 3 aromatic rings. The summed E-state index contributed by atoms with van der Waals surface area (Å²) >= 11 is 3.25. The number of phenolic OH excluding ortho intramolecular Hbond substituents is 1. The van der Waals surface area contributed by atoms with Crippen molar-refractivity contribution in [1.82, 2.24) is 5.43 Å². The summed E-state index contributed by atoms with van der Waals surface area (Å²) < 4.78 is 6.00. The van der Waals surface area contributed by atoms with Gasteiger partial charge in [0.05, 0.1) is 17.3 Å². The first-order valence-corrected chi connectivity index (χ1v) is 9.42. The average molecular weight is 453 g/mol. The third kappa shape index (κ3) is 5.52. The molecular weight excluding hydrogens is 436 g/mol. The van der Waals surface area contributed by atoms with Crippen molar-refractivity contribution in [3.63, 3.8) is 0 Å². The number of hydrogen-bond acceptors (Lipinski definition) is 5. The Kier molecular flexibility index (Phi) is 6.41. The minimum atomic E-state index is -0.538. The molecule has 6 nitrogen and oxygen atoms in total. The number of ether oxygens (including phenoxy) is 1. The van der Waals surface area contributed by atoms with Crippen molar-refractivity contribution in [2.24, 2.45) is 5.10 Å². The molecule has 0 aromatic heterocycles. The van der Waals surface area contributed by atoms with E-state index >= 15 is 0 Å². The highest BCUT2D eigenvalue weighted by Gasteiger charge is 2.11. The summed E-state index contributed by atoms with van der Waals surface area (Å²) in [6, 6.07) is 18.3. The fourth-order valence-electron chi connectivity index (χ4n) is 2.39. The van der Waals surface area contributed by atoms with Crippen LogP contribution >= 0.6 is 15.9 Å². The van der Waals surface area contributed by atoms with Crippen LogP contribution in [0.4, 0.5) is 0 Å². The second kappa shape index (κ2) is 9.16. The highest BCUT2D eigenvalue weighted by Crippen LogP contribution is 2.21. The molecule has 0 bridgehead atoms. The zero-order valence-corrected chi connectivity index (χ0v) is 17.0. The van der Waals surface area contributed by atoms with E-state index in [1.54, 1.807) is 42.5 Å². The molecular formula is C22H17BrN2O4. The molecule has 0 saturated carbocycles. The number of amides is 1. The quantitative estimate of drug-likeness (QED) is 0.259. The van der Waals surface area contributed by atoms with Crippen molar-refractivity contribution in [3.05, 3.63) is 93.5 Å². The van der Waals surface area contributed by atoms with Gasteiger partial charge in [-0.25, -0.2) is 10.2 Å². The highest BCUT2D eigenvalue weighted by atomic mass is 79.9. The van der Waals surface area contributed by atoms with Crippen LogP contribution in [0.1, 0.15) is 31.8 Å². The number of carbonyl (C=O) groups excluding carboxylic acids is 2. The van der Waals surface area contributed by atoms with E-state index in [4.69, 9.17) is 4.74 Å². The van der Waals surface area contributed by atoms with Gasteiger partial charge in [-0.05, 0) is 67.1 Å². The lowest BCUT2D eigenvalue weighted by atomic mass is 10.1. The van der Waals surface area contributed by atoms with Crippen molar-refractivity contribution in [3.8, 4) is 11.5 Å². The lowest BCUT2D eigenvalue weighted by Crippen LogP contribution is -2.17. The Labute approximate surface area is 176 Å². The molecule has 0 heterocycles. The summed E-state index contributed by atoms with van der Waals surface area (Å²) in [4.78, 5) is 24.2. The average Bonchev–Trinajstić information content (AvgIpc) is 2.71. The van der Waals surface area contributed by atoms with Crippen LogP contribution in [-0.4, -0.2) is 23.2 Å². The predicted octanol–water partition coefficient (Wildman–Crippen LogP) is 4.45. The van der Waals surface area contributed by atoms with Crippen LogP contribution in [0, 0.1) is 6.92 Å². The van der Waals surface area contributed by atoms with E-state index in [9.17, 15) is 14.7 Å². The number of benzene rings is 3. The lowest BCUT2D eigenvalue weighted by molar-refractivity contribution is 0.0734. The lowest BCUT2D eigenvalue weighted by Gasteiger charge is -2.05. The summed E-state index contributed by atoms with van der Waals surface area (Å²) in [5.74, 6) is -0.715. The van der Waals surface area contributed by atoms with Crippen LogP contribution in [0.3, 0.4) is 0 Å². The normalized spacial score (nSPS) is 10.7. The molecule has 0 aliphatic carbocycles. The smallest absolute Gasteiger partial charge is 0.343 e. The van der Waals surface area contributed by atoms with Gasteiger partial charge in [0, 0.05) is 4.47 Å². The molecule has 0 aliphatic rings. The Morgan fingerprint density at radius 1 is 1.03 bits per heavy atom. The molecule has 0 aliphatic heterocycles. The fourth-order valence-corrected chi connectivity index (χ4v) is 2.75. The van der Waals surface area contributed by atoms with Crippen LogP contribution < -0.4 is 10.2 Å². The second-order valence-electron chi connectivity index (χ2n) is 6.19. The third-order valence-corrected chi connectivity index (χ3v) is 4.45. The van der Waals surface area contributed by atoms with E-state index < -0.39 is 11.9 Å². The first-order valence-electron chi connectivity index (χ1n) is 8.63. The van der Waals surface area contributed by atoms with Gasteiger partial charge in [0.2, 0.25) is 0 Å². The number of aryl methyl sites for hydroxylation is 1. The molecule has 7 heteroatoms. The van der Waals surface area contributed by atoms with Gasteiger partial charge < -0.3 is 9.84 Å². The van der Waals surface area contributed by atoms with Crippen LogP contribution in [0.5, 0.6) is 11.5 Å². The van der Waals surface area contributed by atoms with Crippen LogP contribution in [0.25, 0.3) is 0 Å². The van der Waals surface area contributed by atoms with Gasteiger partial charge in [0.15, 0.2) is 0 Å². The molecule has 0 fully saturated rings. The van der Waals surface area contributed by atoms with Gasteiger partial charge in [0.1, 0.15) is 11.5 Å². The van der Waals surface area contributed by atoms with Gasteiger partial charge in [0.25, 0.3) is 5.91 Å². The van der Waals surface area contributed by atoms with Gasteiger partial charge in [-0.3, -0.25) is 4.79 Å². The molecule has 29 heavy (non-hydrogen) atoms. The molecule has 3 rings (SSSR count). The topological polar surface area (TPSA) is 88.0 Å². The number of esters is 1. The maximum atomic E-state index is 12.1. The molecule has 0 radical (unpaired) electrons. The van der Waals surface area contributed by atoms with Crippen LogP contribution in [0.2, 0.25) is 0 Å². The molecule has 0 unspecified atom stereocenters. The van der Waals surface area contributed by atoms with E-state index in [-0.39, 0.29) is 11.3 Å². The number of rotatable bonds is 5. The van der Waals surface area contributed by atoms with Gasteiger partial charge in [-0.1, -0.05) is 33.6 Å². The summed E-state index contributed by atoms with van der Waals surface area (Å²) in [6.07, 6.45) is 1.44. The summed E-state index contributed by atoms with van der Waals surface area (Å²) in [6.45, 7) is 1.94. The van der Waals surface area contributed by atoms with E-state index in [0.717, 1.165) is 5.56 Å². The predicted molar refractivity (Wildman–Crippen MR) is 113 cm³/mol. The zero-order valence-electron chi connectivity index (χ0n) is 15.4. The van der Waals surface area contributed by atoms with Crippen molar-refractivity contribution in [2.45, 2.75) is 6.92 Å². The summed E-state index contributed by atoms with van der Waals surface area (Å²) in [7, 11) is 0. The number of aromatic hydroxyl groups is 1. The second-order valence-corrected chi connectivity index (χ2v) is 7.10. The molecule has 0 saturated heterocycles. The summed E-state index contributed by atoms with van der Waals surface area (Å²) in [5, 5.41) is 13.6. The number of nitrogens with zero attached hydrogens (tertiary/aromatic N) is 1. The maximum Gasteiger partial charge on any atom is 0.343 e. The minimum absolute atomic E-state index is 0.106. The van der Waals surface area contributed by atoms with E-state index in [2.05, 4.69) is 26.5 Å². The van der Waals surface area contributed by atoms with Gasteiger partial charge in [-0.2, -0.15) is 5.10 Å². The van der Waals surface area contributed by atoms with Crippen molar-refractivity contribution in [2.75, 3.05) is 0 Å². The highest BCUT2D eigenvalue weighted by molar-refractivity contribution is 9.10. The number of halogens is 1. The number of phenols is 1. The molecule has 1 amide bonds. The monoisotopic (exact) mass is 452 g/mol. The van der Waals surface area contributed by atoms with Gasteiger partial charge >= 0.3 is 5.97 Å². The van der Waals surface area contributed by atoms with Crippen molar-refractivity contribution < 1.29 is 19.4 Å². The van der Waals surface area contributed by atoms with Crippen molar-refractivity contribution >= 4 is 34.0 Å². The van der Waals surface area contributed by atoms with Crippen molar-refractivity contribution in [1.29, 1.82) is 0 Å². The SMILES string of the molecule is Cc1ccc(C(=O)Oc2ccc(/C=N\NC(=O)c3cc(Br)ccc3O)cc2)cc1. The molecule has 0 atom stereocenters. The first kappa shape index (κ1) is 20.3.